The van der Waals surface area contributed by atoms with E-state index in [2.05, 4.69) is 11.1 Å². The molecule has 1 saturated carbocycles. The van der Waals surface area contributed by atoms with Gasteiger partial charge in [-0.05, 0) is 30.4 Å². The first-order chi connectivity index (χ1) is 4.88. The zero-order valence-corrected chi connectivity index (χ0v) is 9.87. The number of nitrogens with two attached hydrogens (primary N) is 1. The second kappa shape index (κ2) is 4.00. The van der Waals surface area contributed by atoms with Crippen LogP contribution in [0.1, 0.15) is 24.3 Å². The van der Waals surface area contributed by atoms with Gasteiger partial charge in [-0.15, -0.1) is 0 Å². The summed E-state index contributed by atoms with van der Waals surface area (Å²) in [7, 11) is 0. The van der Waals surface area contributed by atoms with Gasteiger partial charge in [-0.2, -0.15) is 0 Å². The fraction of sp³-hybridized carbons (Fsp3) is 0.375. The topological polar surface area (TPSA) is 38.9 Å². The Morgan fingerprint density at radius 3 is 2.73 bits per heavy atom. The number of aromatic nitrogens is 1. The molecule has 0 spiro atoms. The van der Waals surface area contributed by atoms with Gasteiger partial charge in [0.25, 0.3) is 0 Å². The summed E-state index contributed by atoms with van der Waals surface area (Å²) in [6.07, 6.45) is 4.31. The van der Waals surface area contributed by atoms with E-state index in [1.807, 2.05) is 6.07 Å². The molecule has 1 fully saturated rings. The Morgan fingerprint density at radius 2 is 2.18 bits per heavy atom. The quantitative estimate of drug-likeness (QED) is 0.647. The molecule has 2 rings (SSSR count). The predicted octanol–water partition coefficient (Wildman–Crippen LogP) is 1.16. The Morgan fingerprint density at radius 1 is 1.45 bits per heavy atom. The van der Waals surface area contributed by atoms with Crippen molar-refractivity contribution in [3.05, 3.63) is 23.9 Å². The Bertz CT molecular complexity index is 246. The van der Waals surface area contributed by atoms with E-state index < -0.39 is 0 Å². The van der Waals surface area contributed by atoms with Crippen molar-refractivity contribution in [3.8, 4) is 0 Å². The zero-order valence-electron chi connectivity index (χ0n) is 6.75. The molecular formula is C8H10KN2. The third-order valence-corrected chi connectivity index (χ3v) is 1.89. The largest absolute Gasteiger partial charge is 0.383 e. The minimum atomic E-state index is 0. The van der Waals surface area contributed by atoms with Gasteiger partial charge in [-0.3, -0.25) is 0 Å². The summed E-state index contributed by atoms with van der Waals surface area (Å²) < 4.78 is 0. The van der Waals surface area contributed by atoms with Crippen molar-refractivity contribution in [2.75, 3.05) is 5.73 Å². The SMILES string of the molecule is Nc1ncccc1C1CC1.[K]. The summed E-state index contributed by atoms with van der Waals surface area (Å²) in [5, 5.41) is 0. The molecule has 53 valence electrons. The van der Waals surface area contributed by atoms with Gasteiger partial charge in [0.1, 0.15) is 5.82 Å². The molecule has 0 amide bonds. The van der Waals surface area contributed by atoms with E-state index in [0.29, 0.717) is 11.7 Å². The van der Waals surface area contributed by atoms with E-state index in [4.69, 9.17) is 5.73 Å². The minimum absolute atomic E-state index is 0. The van der Waals surface area contributed by atoms with Gasteiger partial charge in [0.05, 0.1) is 0 Å². The number of hydrogen-bond acceptors (Lipinski definition) is 2. The first-order valence-electron chi connectivity index (χ1n) is 3.58. The number of rotatable bonds is 1. The molecule has 0 aromatic carbocycles. The van der Waals surface area contributed by atoms with Gasteiger partial charge in [-0.1, -0.05) is 6.07 Å². The average Bonchev–Trinajstić information content (AvgIpc) is 2.71. The predicted molar refractivity (Wildman–Crippen MR) is 46.4 cm³/mol. The molecule has 0 saturated heterocycles. The maximum Gasteiger partial charge on any atom is 0.126 e. The van der Waals surface area contributed by atoms with E-state index in [1.54, 1.807) is 6.20 Å². The molecule has 2 N–H and O–H groups in total. The van der Waals surface area contributed by atoms with Crippen molar-refractivity contribution >= 4 is 57.2 Å². The average molecular weight is 173 g/mol. The van der Waals surface area contributed by atoms with Crippen LogP contribution in [0.15, 0.2) is 18.3 Å². The number of anilines is 1. The van der Waals surface area contributed by atoms with E-state index in [0.717, 1.165) is 0 Å². The molecule has 0 unspecified atom stereocenters. The molecule has 0 bridgehead atoms. The fourth-order valence-electron chi connectivity index (χ4n) is 1.17. The molecule has 1 heterocycles. The third kappa shape index (κ3) is 2.26. The van der Waals surface area contributed by atoms with Gasteiger partial charge in [-0.25, -0.2) is 4.98 Å². The summed E-state index contributed by atoms with van der Waals surface area (Å²) in [6.45, 7) is 0. The summed E-state index contributed by atoms with van der Waals surface area (Å²) in [5.41, 5.74) is 6.89. The van der Waals surface area contributed by atoms with Gasteiger partial charge >= 0.3 is 0 Å². The normalized spacial score (nSPS) is 15.6. The standard InChI is InChI=1S/C8H10N2.K/c9-8-7(6-3-4-6)2-1-5-10-8;/h1-2,5-6H,3-4H2,(H2,9,10);. The summed E-state index contributed by atoms with van der Waals surface area (Å²) >= 11 is 0. The Kier molecular flexibility index (Phi) is 3.52. The molecule has 1 aromatic rings. The number of hydrogen-bond donors (Lipinski definition) is 1. The monoisotopic (exact) mass is 173 g/mol. The number of nitrogens with zero attached hydrogens (tertiary/aromatic N) is 1. The van der Waals surface area contributed by atoms with Gasteiger partial charge < -0.3 is 5.73 Å². The minimum Gasteiger partial charge on any atom is -0.383 e. The Balaban J connectivity index is 0.000000605. The van der Waals surface area contributed by atoms with Crippen molar-refractivity contribution in [3.63, 3.8) is 0 Å². The van der Waals surface area contributed by atoms with Crippen molar-refractivity contribution in [2.24, 2.45) is 0 Å². The maximum absolute atomic E-state index is 5.65. The fourth-order valence-corrected chi connectivity index (χ4v) is 1.17. The maximum atomic E-state index is 5.65. The molecule has 3 heteroatoms. The van der Waals surface area contributed by atoms with Crippen LogP contribution in [-0.2, 0) is 0 Å². The summed E-state index contributed by atoms with van der Waals surface area (Å²) in [6, 6.07) is 4.02. The molecular weight excluding hydrogens is 163 g/mol. The van der Waals surface area contributed by atoms with E-state index in [1.165, 1.54) is 18.4 Å². The molecule has 0 aliphatic heterocycles. The van der Waals surface area contributed by atoms with Crippen LogP contribution in [-0.4, -0.2) is 56.4 Å². The Hall–Kier alpha value is 0.586. The third-order valence-electron chi connectivity index (χ3n) is 1.89. The van der Waals surface area contributed by atoms with Crippen LogP contribution in [0, 0.1) is 0 Å². The van der Waals surface area contributed by atoms with Crippen LogP contribution in [0.2, 0.25) is 0 Å². The van der Waals surface area contributed by atoms with E-state index in [-0.39, 0.29) is 51.4 Å². The second-order valence-electron chi connectivity index (χ2n) is 2.75. The van der Waals surface area contributed by atoms with Crippen LogP contribution in [0.5, 0.6) is 0 Å². The van der Waals surface area contributed by atoms with Gasteiger partial charge in [0.15, 0.2) is 0 Å². The van der Waals surface area contributed by atoms with Crippen LogP contribution >= 0.6 is 0 Å². The smallest absolute Gasteiger partial charge is 0.126 e. The molecule has 1 aliphatic carbocycles. The van der Waals surface area contributed by atoms with Crippen molar-refractivity contribution in [1.29, 1.82) is 0 Å². The molecule has 11 heavy (non-hydrogen) atoms. The first-order valence-corrected chi connectivity index (χ1v) is 3.58. The molecule has 0 atom stereocenters. The molecule has 1 aliphatic rings. The first kappa shape index (κ1) is 9.67. The van der Waals surface area contributed by atoms with E-state index in [9.17, 15) is 0 Å². The summed E-state index contributed by atoms with van der Waals surface area (Å²) in [5.74, 6) is 1.43. The van der Waals surface area contributed by atoms with Crippen LogP contribution in [0.4, 0.5) is 5.82 Å². The van der Waals surface area contributed by atoms with Gasteiger partial charge in [0, 0.05) is 57.6 Å². The van der Waals surface area contributed by atoms with Gasteiger partial charge in [0.2, 0.25) is 0 Å². The van der Waals surface area contributed by atoms with E-state index >= 15 is 0 Å². The number of pyridine rings is 1. The molecule has 1 radical (unpaired) electrons. The second-order valence-corrected chi connectivity index (χ2v) is 2.75. The van der Waals surface area contributed by atoms with Crippen molar-refractivity contribution in [2.45, 2.75) is 18.8 Å². The van der Waals surface area contributed by atoms with Crippen LogP contribution in [0.25, 0.3) is 0 Å². The van der Waals surface area contributed by atoms with Crippen molar-refractivity contribution < 1.29 is 0 Å². The van der Waals surface area contributed by atoms with Crippen molar-refractivity contribution in [1.82, 2.24) is 4.98 Å². The number of nitrogen functional groups attached to an aromatic ring is 1. The van der Waals surface area contributed by atoms with Crippen LogP contribution in [0.3, 0.4) is 0 Å². The summed E-state index contributed by atoms with van der Waals surface area (Å²) in [4.78, 5) is 4.02. The van der Waals surface area contributed by atoms with Crippen LogP contribution < -0.4 is 5.73 Å². The zero-order chi connectivity index (χ0) is 6.97. The molecule has 2 nitrogen and oxygen atoms in total. The Labute approximate surface area is 109 Å². The molecule has 1 aromatic heterocycles.